The van der Waals surface area contributed by atoms with Crippen LogP contribution >= 0.6 is 11.8 Å². The van der Waals surface area contributed by atoms with Gasteiger partial charge in [-0.05, 0) is 55.1 Å². The van der Waals surface area contributed by atoms with E-state index in [0.29, 0.717) is 0 Å². The standard InChI is InChI=1S/C17H17NS/c1-13(18)16-9-5-14(6-10-16)3-4-15-7-11-17(19-2)12-8-15/h5-13H,18H2,1-2H3. The molecule has 96 valence electrons. The predicted molar refractivity (Wildman–Crippen MR) is 83.2 cm³/mol. The van der Waals surface area contributed by atoms with E-state index in [1.54, 1.807) is 11.8 Å². The molecule has 0 fully saturated rings. The SMILES string of the molecule is CSc1ccc(C#Cc2ccc(C(C)N)cc2)cc1. The molecule has 1 unspecified atom stereocenters. The van der Waals surface area contributed by atoms with E-state index in [4.69, 9.17) is 5.73 Å². The molecule has 0 heterocycles. The maximum atomic E-state index is 5.82. The predicted octanol–water partition coefficient (Wildman–Crippen LogP) is 3.83. The van der Waals surface area contributed by atoms with Crippen LogP contribution in [-0.2, 0) is 0 Å². The highest BCUT2D eigenvalue weighted by Crippen LogP contribution is 2.14. The van der Waals surface area contributed by atoms with Crippen LogP contribution in [0.4, 0.5) is 0 Å². The summed E-state index contributed by atoms with van der Waals surface area (Å²) in [4.78, 5) is 1.26. The molecule has 0 aromatic heterocycles. The number of hydrogen-bond donors (Lipinski definition) is 1. The quantitative estimate of drug-likeness (QED) is 0.661. The molecule has 0 saturated carbocycles. The molecule has 0 radical (unpaired) electrons. The van der Waals surface area contributed by atoms with E-state index in [9.17, 15) is 0 Å². The van der Waals surface area contributed by atoms with E-state index in [1.165, 1.54) is 4.90 Å². The normalized spacial score (nSPS) is 11.5. The summed E-state index contributed by atoms with van der Waals surface area (Å²) in [6.07, 6.45) is 2.07. The van der Waals surface area contributed by atoms with Gasteiger partial charge in [0.1, 0.15) is 0 Å². The second-order valence-electron chi connectivity index (χ2n) is 4.39. The van der Waals surface area contributed by atoms with Gasteiger partial charge in [0.2, 0.25) is 0 Å². The fourth-order valence-electron chi connectivity index (χ4n) is 1.69. The highest BCUT2D eigenvalue weighted by Gasteiger charge is 1.97. The van der Waals surface area contributed by atoms with Gasteiger partial charge in [-0.1, -0.05) is 24.0 Å². The highest BCUT2D eigenvalue weighted by atomic mass is 32.2. The Hall–Kier alpha value is -1.69. The summed E-state index contributed by atoms with van der Waals surface area (Å²) in [5.74, 6) is 6.34. The van der Waals surface area contributed by atoms with Gasteiger partial charge >= 0.3 is 0 Å². The van der Waals surface area contributed by atoms with E-state index in [0.717, 1.165) is 16.7 Å². The van der Waals surface area contributed by atoms with Crippen molar-refractivity contribution in [1.29, 1.82) is 0 Å². The number of hydrogen-bond acceptors (Lipinski definition) is 2. The zero-order chi connectivity index (χ0) is 13.7. The van der Waals surface area contributed by atoms with Crippen molar-refractivity contribution in [1.82, 2.24) is 0 Å². The average Bonchev–Trinajstić information content (AvgIpc) is 2.46. The Morgan fingerprint density at radius 1 is 0.895 bits per heavy atom. The Morgan fingerprint density at radius 2 is 1.37 bits per heavy atom. The van der Waals surface area contributed by atoms with Gasteiger partial charge < -0.3 is 5.73 Å². The molecule has 2 aromatic rings. The first kappa shape index (κ1) is 13.7. The molecular weight excluding hydrogens is 250 g/mol. The smallest absolute Gasteiger partial charge is 0.0266 e. The summed E-state index contributed by atoms with van der Waals surface area (Å²) in [6.45, 7) is 1.98. The van der Waals surface area contributed by atoms with Crippen molar-refractivity contribution in [2.24, 2.45) is 5.73 Å². The van der Waals surface area contributed by atoms with Crippen molar-refractivity contribution < 1.29 is 0 Å². The summed E-state index contributed by atoms with van der Waals surface area (Å²) < 4.78 is 0. The van der Waals surface area contributed by atoms with Crippen LogP contribution < -0.4 is 5.73 Å². The van der Waals surface area contributed by atoms with Crippen LogP contribution in [0.3, 0.4) is 0 Å². The Morgan fingerprint density at radius 3 is 1.79 bits per heavy atom. The first-order valence-electron chi connectivity index (χ1n) is 6.20. The molecule has 0 aliphatic heterocycles. The first-order chi connectivity index (χ1) is 9.19. The Kier molecular flexibility index (Phi) is 4.68. The van der Waals surface area contributed by atoms with Gasteiger partial charge in [0.15, 0.2) is 0 Å². The molecule has 0 bridgehead atoms. The minimum absolute atomic E-state index is 0.0705. The summed E-state index contributed by atoms with van der Waals surface area (Å²) in [7, 11) is 0. The fourth-order valence-corrected chi connectivity index (χ4v) is 2.10. The van der Waals surface area contributed by atoms with Gasteiger partial charge in [0.25, 0.3) is 0 Å². The second-order valence-corrected chi connectivity index (χ2v) is 5.27. The van der Waals surface area contributed by atoms with Crippen LogP contribution in [0.15, 0.2) is 53.4 Å². The highest BCUT2D eigenvalue weighted by molar-refractivity contribution is 7.98. The second kappa shape index (κ2) is 6.47. The van der Waals surface area contributed by atoms with E-state index >= 15 is 0 Å². The van der Waals surface area contributed by atoms with Crippen LogP contribution in [0.2, 0.25) is 0 Å². The topological polar surface area (TPSA) is 26.0 Å². The van der Waals surface area contributed by atoms with E-state index in [1.807, 2.05) is 31.2 Å². The van der Waals surface area contributed by atoms with Crippen molar-refractivity contribution >= 4 is 11.8 Å². The molecule has 2 rings (SSSR count). The molecule has 2 heteroatoms. The number of nitrogens with two attached hydrogens (primary N) is 1. The molecule has 0 spiro atoms. The van der Waals surface area contributed by atoms with Crippen LogP contribution in [0, 0.1) is 11.8 Å². The molecular formula is C17H17NS. The van der Waals surface area contributed by atoms with Crippen molar-refractivity contribution in [2.45, 2.75) is 17.9 Å². The number of thioether (sulfide) groups is 1. The minimum atomic E-state index is 0.0705. The van der Waals surface area contributed by atoms with Crippen LogP contribution in [0.25, 0.3) is 0 Å². The van der Waals surface area contributed by atoms with Crippen LogP contribution in [0.5, 0.6) is 0 Å². The lowest BCUT2D eigenvalue weighted by molar-refractivity contribution is 0.818. The van der Waals surface area contributed by atoms with Gasteiger partial charge in [-0.25, -0.2) is 0 Å². The van der Waals surface area contributed by atoms with Gasteiger partial charge in [0.05, 0.1) is 0 Å². The number of benzene rings is 2. The Labute approximate surface area is 119 Å². The molecule has 2 N–H and O–H groups in total. The molecule has 1 nitrogen and oxygen atoms in total. The lowest BCUT2D eigenvalue weighted by Crippen LogP contribution is -2.04. The monoisotopic (exact) mass is 267 g/mol. The van der Waals surface area contributed by atoms with Crippen molar-refractivity contribution in [3.8, 4) is 11.8 Å². The fraction of sp³-hybridized carbons (Fsp3) is 0.176. The lowest BCUT2D eigenvalue weighted by Gasteiger charge is -2.04. The first-order valence-corrected chi connectivity index (χ1v) is 7.43. The van der Waals surface area contributed by atoms with Gasteiger partial charge in [-0.3, -0.25) is 0 Å². The minimum Gasteiger partial charge on any atom is -0.324 e. The summed E-state index contributed by atoms with van der Waals surface area (Å²) in [6, 6.07) is 16.5. The van der Waals surface area contributed by atoms with Crippen LogP contribution in [0.1, 0.15) is 29.7 Å². The summed E-state index contributed by atoms with van der Waals surface area (Å²) in [5, 5.41) is 0. The largest absolute Gasteiger partial charge is 0.324 e. The van der Waals surface area contributed by atoms with Gasteiger partial charge in [-0.15, -0.1) is 11.8 Å². The molecule has 1 atom stereocenters. The van der Waals surface area contributed by atoms with E-state index in [2.05, 4.69) is 42.4 Å². The van der Waals surface area contributed by atoms with E-state index in [-0.39, 0.29) is 6.04 Å². The summed E-state index contributed by atoms with van der Waals surface area (Å²) >= 11 is 1.74. The summed E-state index contributed by atoms with van der Waals surface area (Å²) in [5.41, 5.74) is 9.00. The molecule has 0 aliphatic carbocycles. The number of rotatable bonds is 2. The van der Waals surface area contributed by atoms with Gasteiger partial charge in [0, 0.05) is 22.1 Å². The van der Waals surface area contributed by atoms with Crippen molar-refractivity contribution in [2.75, 3.05) is 6.26 Å². The van der Waals surface area contributed by atoms with Crippen LogP contribution in [-0.4, -0.2) is 6.26 Å². The maximum absolute atomic E-state index is 5.82. The van der Waals surface area contributed by atoms with Gasteiger partial charge in [-0.2, -0.15) is 0 Å². The Balaban J connectivity index is 2.14. The molecule has 0 saturated heterocycles. The lowest BCUT2D eigenvalue weighted by atomic mass is 10.1. The third kappa shape index (κ3) is 3.89. The molecule has 19 heavy (non-hydrogen) atoms. The molecule has 2 aromatic carbocycles. The van der Waals surface area contributed by atoms with Crippen molar-refractivity contribution in [3.05, 3.63) is 65.2 Å². The molecule has 0 amide bonds. The zero-order valence-electron chi connectivity index (χ0n) is 11.2. The zero-order valence-corrected chi connectivity index (χ0v) is 12.0. The molecule has 0 aliphatic rings. The third-order valence-electron chi connectivity index (χ3n) is 2.88. The maximum Gasteiger partial charge on any atom is 0.0266 e. The Bertz CT molecular complexity index is 586. The van der Waals surface area contributed by atoms with E-state index < -0.39 is 0 Å². The van der Waals surface area contributed by atoms with Crippen molar-refractivity contribution in [3.63, 3.8) is 0 Å². The average molecular weight is 267 g/mol. The third-order valence-corrected chi connectivity index (χ3v) is 3.62.